The zero-order valence-corrected chi connectivity index (χ0v) is 8.19. The first kappa shape index (κ1) is 11.8. The molecule has 82 valence electrons. The minimum atomic E-state index is -2.98. The highest BCUT2D eigenvalue weighted by Gasteiger charge is 2.25. The minimum Gasteiger partial charge on any atom is -0.465 e. The molecule has 7 heteroatoms. The number of rotatable bonds is 2. The van der Waals surface area contributed by atoms with E-state index in [1.54, 1.807) is 0 Å². The number of nitrogens with zero attached hydrogens (tertiary/aromatic N) is 1. The molecule has 0 radical (unpaired) electrons. The second kappa shape index (κ2) is 4.48. The lowest BCUT2D eigenvalue weighted by molar-refractivity contribution is 0.0588. The first-order valence-corrected chi connectivity index (χ1v) is 4.07. The lowest BCUT2D eigenvalue weighted by Gasteiger charge is -2.08. The van der Waals surface area contributed by atoms with Crippen molar-refractivity contribution in [1.82, 2.24) is 4.98 Å². The molecule has 0 saturated carbocycles. The molecule has 0 fully saturated rings. The van der Waals surface area contributed by atoms with Gasteiger partial charge >= 0.3 is 5.97 Å². The average molecular weight is 240 g/mol. The van der Waals surface area contributed by atoms with Gasteiger partial charge in [0, 0.05) is 6.20 Å². The van der Waals surface area contributed by atoms with Gasteiger partial charge in [0.05, 0.1) is 18.2 Å². The third-order valence-corrected chi connectivity index (χ3v) is 1.98. The summed E-state index contributed by atoms with van der Waals surface area (Å²) in [5.41, 5.74) is -1.45. The Morgan fingerprint density at radius 2 is 2.20 bits per heavy atom. The van der Waals surface area contributed by atoms with Crippen LogP contribution in [0.4, 0.5) is 13.2 Å². The number of halogens is 4. The van der Waals surface area contributed by atoms with Gasteiger partial charge in [0.2, 0.25) is 5.95 Å². The predicted molar refractivity (Wildman–Crippen MR) is 45.5 cm³/mol. The Kier molecular flexibility index (Phi) is 3.52. The fourth-order valence-electron chi connectivity index (χ4n) is 0.952. The highest BCUT2D eigenvalue weighted by atomic mass is 35.5. The maximum atomic E-state index is 12.8. The predicted octanol–water partition coefficient (Wildman–Crippen LogP) is 2.60. The van der Waals surface area contributed by atoms with Crippen molar-refractivity contribution in [2.75, 3.05) is 7.11 Å². The molecule has 0 saturated heterocycles. The topological polar surface area (TPSA) is 39.2 Å². The van der Waals surface area contributed by atoms with Gasteiger partial charge in [-0.2, -0.15) is 4.39 Å². The van der Waals surface area contributed by atoms with E-state index in [1.165, 1.54) is 0 Å². The minimum absolute atomic E-state index is 0.554. The van der Waals surface area contributed by atoms with Crippen molar-refractivity contribution in [2.45, 2.75) is 6.43 Å². The summed E-state index contributed by atoms with van der Waals surface area (Å²) in [5, 5.41) is -0.764. The van der Waals surface area contributed by atoms with Gasteiger partial charge < -0.3 is 4.74 Å². The van der Waals surface area contributed by atoms with Gasteiger partial charge in [0.25, 0.3) is 6.43 Å². The van der Waals surface area contributed by atoms with Crippen LogP contribution in [0.5, 0.6) is 0 Å². The molecule has 0 spiro atoms. The molecule has 0 atom stereocenters. The zero-order valence-electron chi connectivity index (χ0n) is 7.43. The number of methoxy groups -OCH3 is 1. The van der Waals surface area contributed by atoms with E-state index in [0.29, 0.717) is 6.20 Å². The van der Waals surface area contributed by atoms with Gasteiger partial charge in [-0.1, -0.05) is 11.6 Å². The molecule has 0 bridgehead atoms. The van der Waals surface area contributed by atoms with Crippen LogP contribution >= 0.6 is 11.6 Å². The van der Waals surface area contributed by atoms with Crippen LogP contribution in [-0.4, -0.2) is 18.1 Å². The van der Waals surface area contributed by atoms with Crippen molar-refractivity contribution in [2.24, 2.45) is 0 Å². The van der Waals surface area contributed by atoms with E-state index in [1.807, 2.05) is 0 Å². The van der Waals surface area contributed by atoms with Gasteiger partial charge in [0.15, 0.2) is 0 Å². The summed E-state index contributed by atoms with van der Waals surface area (Å²) in [6, 6.07) is 0. The van der Waals surface area contributed by atoms with Gasteiger partial charge in [-0.15, -0.1) is 0 Å². The SMILES string of the molecule is COC(=O)c1c(C(F)F)cnc(F)c1Cl. The highest BCUT2D eigenvalue weighted by molar-refractivity contribution is 6.33. The first-order chi connectivity index (χ1) is 6.99. The van der Waals surface area contributed by atoms with E-state index in [0.717, 1.165) is 7.11 Å². The number of aromatic nitrogens is 1. The van der Waals surface area contributed by atoms with E-state index in [4.69, 9.17) is 11.6 Å². The zero-order chi connectivity index (χ0) is 11.6. The van der Waals surface area contributed by atoms with Crippen LogP contribution < -0.4 is 0 Å². The lowest BCUT2D eigenvalue weighted by atomic mass is 10.1. The average Bonchev–Trinajstić information content (AvgIpc) is 2.20. The van der Waals surface area contributed by atoms with E-state index < -0.39 is 34.5 Å². The Morgan fingerprint density at radius 1 is 1.60 bits per heavy atom. The first-order valence-electron chi connectivity index (χ1n) is 3.69. The Labute approximate surface area is 87.8 Å². The second-order valence-corrected chi connectivity index (χ2v) is 2.86. The molecule has 3 nitrogen and oxygen atoms in total. The summed E-state index contributed by atoms with van der Waals surface area (Å²) in [6.07, 6.45) is -2.43. The molecule has 1 rings (SSSR count). The highest BCUT2D eigenvalue weighted by Crippen LogP contribution is 2.29. The second-order valence-electron chi connectivity index (χ2n) is 2.49. The summed E-state index contributed by atoms with van der Waals surface area (Å²) in [6.45, 7) is 0. The molecule has 0 aliphatic rings. The molecule has 0 amide bonds. The molecule has 0 N–H and O–H groups in total. The number of pyridine rings is 1. The largest absolute Gasteiger partial charge is 0.465 e. The van der Waals surface area contributed by atoms with Crippen LogP contribution in [0.15, 0.2) is 6.20 Å². The van der Waals surface area contributed by atoms with Gasteiger partial charge in [-0.25, -0.2) is 18.6 Å². The third kappa shape index (κ3) is 2.20. The Bertz CT molecular complexity index is 398. The van der Waals surface area contributed by atoms with Crippen molar-refractivity contribution in [3.05, 3.63) is 28.3 Å². The van der Waals surface area contributed by atoms with Gasteiger partial charge in [0.1, 0.15) is 5.02 Å². The number of esters is 1. The number of ether oxygens (including phenoxy) is 1. The van der Waals surface area contributed by atoms with Crippen molar-refractivity contribution in [3.63, 3.8) is 0 Å². The van der Waals surface area contributed by atoms with Crippen molar-refractivity contribution in [3.8, 4) is 0 Å². The van der Waals surface area contributed by atoms with Gasteiger partial charge in [-0.3, -0.25) is 0 Å². The molecule has 0 aromatic carbocycles. The van der Waals surface area contributed by atoms with E-state index in [9.17, 15) is 18.0 Å². The monoisotopic (exact) mass is 239 g/mol. The molecular formula is C8H5ClF3NO2. The van der Waals surface area contributed by atoms with Crippen LogP contribution in [0.25, 0.3) is 0 Å². The van der Waals surface area contributed by atoms with Crippen molar-refractivity contribution in [1.29, 1.82) is 0 Å². The fraction of sp³-hybridized carbons (Fsp3) is 0.250. The molecule has 0 aliphatic heterocycles. The third-order valence-electron chi connectivity index (χ3n) is 1.63. The maximum absolute atomic E-state index is 12.8. The van der Waals surface area contributed by atoms with Crippen LogP contribution in [0.3, 0.4) is 0 Å². The van der Waals surface area contributed by atoms with Crippen LogP contribution in [-0.2, 0) is 4.74 Å². The van der Waals surface area contributed by atoms with Crippen LogP contribution in [0, 0.1) is 5.95 Å². The molecule has 0 unspecified atom stereocenters. The number of hydrogen-bond acceptors (Lipinski definition) is 3. The molecular weight excluding hydrogens is 235 g/mol. The smallest absolute Gasteiger partial charge is 0.340 e. The van der Waals surface area contributed by atoms with Crippen LogP contribution in [0.1, 0.15) is 22.3 Å². The Balaban J connectivity index is 3.41. The molecule has 15 heavy (non-hydrogen) atoms. The Hall–Kier alpha value is -1.30. The number of alkyl halides is 2. The summed E-state index contributed by atoms with van der Waals surface area (Å²) < 4.78 is 41.8. The molecule has 1 aromatic heterocycles. The lowest BCUT2D eigenvalue weighted by Crippen LogP contribution is -2.09. The summed E-state index contributed by atoms with van der Waals surface area (Å²) in [5.74, 6) is -2.32. The molecule has 1 heterocycles. The number of carbonyl (C=O) groups is 1. The summed E-state index contributed by atoms with van der Waals surface area (Å²) >= 11 is 5.34. The summed E-state index contributed by atoms with van der Waals surface area (Å²) in [7, 11) is 0.978. The number of hydrogen-bond donors (Lipinski definition) is 0. The quantitative estimate of drug-likeness (QED) is 0.588. The summed E-state index contributed by atoms with van der Waals surface area (Å²) in [4.78, 5) is 14.1. The maximum Gasteiger partial charge on any atom is 0.340 e. The van der Waals surface area contributed by atoms with E-state index >= 15 is 0 Å². The molecule has 1 aromatic rings. The standard InChI is InChI=1S/C8H5ClF3NO2/c1-15-8(14)4-3(6(10)11)2-13-7(12)5(4)9/h2,6H,1H3. The van der Waals surface area contributed by atoms with Crippen LogP contribution in [0.2, 0.25) is 5.02 Å². The van der Waals surface area contributed by atoms with E-state index in [2.05, 4.69) is 9.72 Å². The van der Waals surface area contributed by atoms with E-state index in [-0.39, 0.29) is 0 Å². The van der Waals surface area contributed by atoms with Gasteiger partial charge in [-0.05, 0) is 0 Å². The Morgan fingerprint density at radius 3 is 2.67 bits per heavy atom. The normalized spacial score (nSPS) is 10.5. The van der Waals surface area contributed by atoms with Crippen molar-refractivity contribution < 1.29 is 22.7 Å². The fourth-order valence-corrected chi connectivity index (χ4v) is 1.19. The number of carbonyl (C=O) groups excluding carboxylic acids is 1. The molecule has 0 aliphatic carbocycles. The van der Waals surface area contributed by atoms with Crippen molar-refractivity contribution >= 4 is 17.6 Å².